The Morgan fingerprint density at radius 2 is 1.95 bits per heavy atom. The van der Waals surface area contributed by atoms with Crippen molar-refractivity contribution >= 4 is 34.1 Å². The number of nitrogens with zero attached hydrogens (tertiary/aromatic N) is 3. The van der Waals surface area contributed by atoms with Crippen LogP contribution in [0.5, 0.6) is 0 Å². The van der Waals surface area contributed by atoms with Crippen LogP contribution in [0.1, 0.15) is 35.2 Å². The zero-order chi connectivity index (χ0) is 25.7. The summed E-state index contributed by atoms with van der Waals surface area (Å²) in [6.45, 7) is 0. The fourth-order valence-electron chi connectivity index (χ4n) is 5.20. The Labute approximate surface area is 224 Å². The highest BCUT2D eigenvalue weighted by atomic mass is 35.5. The van der Waals surface area contributed by atoms with E-state index in [9.17, 15) is 4.79 Å². The van der Waals surface area contributed by atoms with Gasteiger partial charge in [-0.2, -0.15) is 0 Å². The number of hydrogen-bond donors (Lipinski definition) is 2. The molecule has 8 heteroatoms. The van der Waals surface area contributed by atoms with Crippen molar-refractivity contribution in [3.63, 3.8) is 0 Å². The van der Waals surface area contributed by atoms with Gasteiger partial charge in [0, 0.05) is 40.8 Å². The summed E-state index contributed by atoms with van der Waals surface area (Å²) in [6.07, 6.45) is 8.50. The van der Waals surface area contributed by atoms with Crippen molar-refractivity contribution in [2.24, 2.45) is 18.7 Å². The molecular weight excluding hydrogens is 505 g/mol. The lowest BCUT2D eigenvalue weighted by atomic mass is 9.77. The Kier molecular flexibility index (Phi) is 5.91. The number of aromatic amines is 1. The monoisotopic (exact) mass is 529 g/mol. The molecule has 3 aromatic heterocycles. The largest absolute Gasteiger partial charge is 0.336 e. The van der Waals surface area contributed by atoms with E-state index < -0.39 is 5.54 Å². The average Bonchev–Trinajstić information content (AvgIpc) is 3.59. The third-order valence-electron chi connectivity index (χ3n) is 7.24. The first-order valence-electron chi connectivity index (χ1n) is 12.2. The van der Waals surface area contributed by atoms with E-state index in [2.05, 4.69) is 27.1 Å². The van der Waals surface area contributed by atoms with Crippen LogP contribution in [-0.4, -0.2) is 19.5 Å². The summed E-state index contributed by atoms with van der Waals surface area (Å²) < 4.78 is 1.93. The van der Waals surface area contributed by atoms with E-state index in [4.69, 9.17) is 28.9 Å². The molecule has 186 valence electrons. The molecule has 3 N–H and O–H groups in total. The molecule has 0 aliphatic heterocycles. The van der Waals surface area contributed by atoms with Crippen molar-refractivity contribution in [3.05, 3.63) is 116 Å². The first-order chi connectivity index (χ1) is 17.8. The zero-order valence-corrected chi connectivity index (χ0v) is 21.7. The third kappa shape index (κ3) is 4.35. The van der Waals surface area contributed by atoms with E-state index in [1.165, 1.54) is 12.8 Å². The number of aryl methyl sites for hydroxylation is 1. The van der Waals surface area contributed by atoms with Gasteiger partial charge >= 0.3 is 0 Å². The maximum absolute atomic E-state index is 12.7. The van der Waals surface area contributed by atoms with Gasteiger partial charge in [0.2, 0.25) is 5.56 Å². The lowest BCUT2D eigenvalue weighted by Crippen LogP contribution is -2.42. The molecule has 1 aliphatic carbocycles. The number of benzene rings is 2. The SMILES string of the molecule is Cn1cncc1C(N)(c1ccc(Cl)nc1)c1cc2c(-c3cccc(Cl)c3)cc(=O)[nH]c2cc1CC1CC1. The summed E-state index contributed by atoms with van der Waals surface area (Å²) in [5.41, 5.74) is 12.3. The fraction of sp³-hybridized carbons (Fsp3) is 0.207. The Hall–Kier alpha value is -3.45. The van der Waals surface area contributed by atoms with Gasteiger partial charge < -0.3 is 15.3 Å². The van der Waals surface area contributed by atoms with Crippen LogP contribution >= 0.6 is 23.2 Å². The molecule has 6 rings (SSSR count). The number of nitrogens with two attached hydrogens (primary N) is 1. The number of H-pyrrole nitrogens is 1. The number of imidazole rings is 1. The zero-order valence-electron chi connectivity index (χ0n) is 20.2. The number of halogens is 2. The molecule has 1 aliphatic rings. The standard InChI is InChI=1S/C29H25Cl2N5O/c1-36-16-33-15-26(36)29(32,20-7-8-27(31)34-14-20)24-12-23-22(18-3-2-4-21(30)10-18)13-28(37)35-25(23)11-19(24)9-17-5-6-17/h2-4,7-8,10-17H,5-6,9,32H2,1H3,(H,35,37). The van der Waals surface area contributed by atoms with Gasteiger partial charge in [-0.15, -0.1) is 0 Å². The normalized spacial score (nSPS) is 15.1. The molecule has 3 heterocycles. The highest BCUT2D eigenvalue weighted by Crippen LogP contribution is 2.42. The van der Waals surface area contributed by atoms with E-state index in [1.54, 1.807) is 30.9 Å². The Morgan fingerprint density at radius 1 is 1.11 bits per heavy atom. The summed E-state index contributed by atoms with van der Waals surface area (Å²) >= 11 is 12.5. The van der Waals surface area contributed by atoms with Gasteiger partial charge in [0.1, 0.15) is 10.7 Å². The number of hydrogen-bond acceptors (Lipinski definition) is 4. The summed E-state index contributed by atoms with van der Waals surface area (Å²) in [5.74, 6) is 0.596. The fourth-order valence-corrected chi connectivity index (χ4v) is 5.50. The van der Waals surface area contributed by atoms with Gasteiger partial charge in [0.25, 0.3) is 0 Å². The van der Waals surface area contributed by atoms with Crippen LogP contribution in [0.2, 0.25) is 10.2 Å². The van der Waals surface area contributed by atoms with Crippen LogP contribution in [0, 0.1) is 5.92 Å². The number of aromatic nitrogens is 4. The molecule has 0 amide bonds. The minimum absolute atomic E-state index is 0.167. The Bertz CT molecular complexity index is 1690. The van der Waals surface area contributed by atoms with E-state index in [0.29, 0.717) is 16.1 Å². The lowest BCUT2D eigenvalue weighted by molar-refractivity contribution is 0.585. The van der Waals surface area contributed by atoms with E-state index >= 15 is 0 Å². The highest BCUT2D eigenvalue weighted by molar-refractivity contribution is 6.31. The molecule has 2 aromatic carbocycles. The molecule has 0 bridgehead atoms. The van der Waals surface area contributed by atoms with Crippen molar-refractivity contribution in [1.82, 2.24) is 19.5 Å². The summed E-state index contributed by atoms with van der Waals surface area (Å²) in [6, 6.07) is 17.0. The van der Waals surface area contributed by atoms with E-state index in [-0.39, 0.29) is 5.56 Å². The number of pyridine rings is 2. The van der Waals surface area contributed by atoms with Crippen LogP contribution in [0.3, 0.4) is 0 Å². The minimum atomic E-state index is -1.07. The maximum Gasteiger partial charge on any atom is 0.249 e. The number of fused-ring (bicyclic) bond motifs is 1. The first-order valence-corrected chi connectivity index (χ1v) is 12.9. The van der Waals surface area contributed by atoms with Crippen molar-refractivity contribution in [1.29, 1.82) is 0 Å². The number of nitrogens with one attached hydrogen (secondary N) is 1. The lowest BCUT2D eigenvalue weighted by Gasteiger charge is -2.33. The topological polar surface area (TPSA) is 89.6 Å². The van der Waals surface area contributed by atoms with Crippen LogP contribution in [-0.2, 0) is 19.0 Å². The van der Waals surface area contributed by atoms with Gasteiger partial charge in [0.15, 0.2) is 0 Å². The Morgan fingerprint density at radius 3 is 2.62 bits per heavy atom. The average molecular weight is 530 g/mol. The Balaban J connectivity index is 1.69. The van der Waals surface area contributed by atoms with E-state index in [1.807, 2.05) is 41.9 Å². The quantitative estimate of drug-likeness (QED) is 0.270. The van der Waals surface area contributed by atoms with Gasteiger partial charge in [-0.1, -0.05) is 41.4 Å². The van der Waals surface area contributed by atoms with Crippen LogP contribution in [0.25, 0.3) is 22.0 Å². The second-order valence-corrected chi connectivity index (χ2v) is 10.7. The predicted octanol–water partition coefficient (Wildman–Crippen LogP) is 5.83. The molecule has 0 spiro atoms. The highest BCUT2D eigenvalue weighted by Gasteiger charge is 2.38. The van der Waals surface area contributed by atoms with Gasteiger partial charge in [-0.3, -0.25) is 4.79 Å². The molecule has 37 heavy (non-hydrogen) atoms. The molecule has 1 fully saturated rings. The second-order valence-electron chi connectivity index (χ2n) is 9.83. The number of rotatable bonds is 6. The maximum atomic E-state index is 12.7. The van der Waals surface area contributed by atoms with Gasteiger partial charge in [0.05, 0.1) is 18.2 Å². The van der Waals surface area contributed by atoms with Crippen molar-refractivity contribution in [2.45, 2.75) is 24.8 Å². The van der Waals surface area contributed by atoms with Gasteiger partial charge in [-0.05, 0) is 77.8 Å². The molecule has 6 nitrogen and oxygen atoms in total. The molecule has 1 saturated carbocycles. The predicted molar refractivity (Wildman–Crippen MR) is 148 cm³/mol. The van der Waals surface area contributed by atoms with Crippen molar-refractivity contribution in [3.8, 4) is 11.1 Å². The molecule has 1 atom stereocenters. The summed E-state index contributed by atoms with van der Waals surface area (Å²) in [4.78, 5) is 24.5. The smallest absolute Gasteiger partial charge is 0.249 e. The summed E-state index contributed by atoms with van der Waals surface area (Å²) in [5, 5.41) is 1.88. The molecule has 5 aromatic rings. The third-order valence-corrected chi connectivity index (χ3v) is 7.69. The first kappa shape index (κ1) is 23.9. The molecule has 1 unspecified atom stereocenters. The van der Waals surface area contributed by atoms with Crippen LogP contribution < -0.4 is 11.3 Å². The minimum Gasteiger partial charge on any atom is -0.336 e. The molecule has 0 saturated heterocycles. The van der Waals surface area contributed by atoms with Crippen LogP contribution in [0.4, 0.5) is 0 Å². The van der Waals surface area contributed by atoms with Gasteiger partial charge in [-0.25, -0.2) is 9.97 Å². The molecular formula is C29H25Cl2N5O. The van der Waals surface area contributed by atoms with E-state index in [0.717, 1.165) is 50.8 Å². The van der Waals surface area contributed by atoms with Crippen LogP contribution in [0.15, 0.2) is 78.1 Å². The molecule has 0 radical (unpaired) electrons. The van der Waals surface area contributed by atoms with Crippen molar-refractivity contribution in [2.75, 3.05) is 0 Å². The van der Waals surface area contributed by atoms with Crippen molar-refractivity contribution < 1.29 is 0 Å². The summed E-state index contributed by atoms with van der Waals surface area (Å²) in [7, 11) is 1.93. The second kappa shape index (κ2) is 9.14.